The van der Waals surface area contributed by atoms with Gasteiger partial charge in [-0.2, -0.15) is 0 Å². The largest absolute Gasteiger partial charge is 0.377 e. The number of nitrogens with one attached hydrogen (secondary N) is 1. The molecule has 2 aromatic carbocycles. The number of carbonyl (C=O) groups excluding carboxylic acids is 2. The van der Waals surface area contributed by atoms with Gasteiger partial charge < -0.3 is 15.1 Å². The predicted octanol–water partition coefficient (Wildman–Crippen LogP) is 6.06. The molecule has 1 aliphatic rings. The summed E-state index contributed by atoms with van der Waals surface area (Å²) in [5.41, 5.74) is 3.90. The average molecular weight is 464 g/mol. The van der Waals surface area contributed by atoms with Gasteiger partial charge in [-0.3, -0.25) is 9.59 Å². The molecular weight excluding hydrogens is 422 g/mol. The van der Waals surface area contributed by atoms with Gasteiger partial charge in [0.05, 0.1) is 5.92 Å². The van der Waals surface area contributed by atoms with Gasteiger partial charge in [0.1, 0.15) is 0 Å². The lowest BCUT2D eigenvalue weighted by Crippen LogP contribution is -2.36. The van der Waals surface area contributed by atoms with E-state index >= 15 is 0 Å². The van der Waals surface area contributed by atoms with Crippen LogP contribution in [-0.2, 0) is 16.1 Å². The standard InChI is InChI=1S/C29H41N3O2/c1-7-25(22-11-9-8-10-12-22)28(34)32(19-21-13-14-21)20-23-17-24(15-16-26(23)31(5)6)30-27(33)18-29(2,3)4/h8-12,15-17,21,25H,7,13-14,18-20H2,1-6H3,(H,30,33)/t25-/m0/s1. The highest BCUT2D eigenvalue weighted by Gasteiger charge is 2.31. The van der Waals surface area contributed by atoms with Gasteiger partial charge in [0.15, 0.2) is 0 Å². The topological polar surface area (TPSA) is 52.7 Å². The van der Waals surface area contributed by atoms with Crippen molar-refractivity contribution in [2.24, 2.45) is 11.3 Å². The van der Waals surface area contributed by atoms with E-state index in [2.05, 4.69) is 50.0 Å². The van der Waals surface area contributed by atoms with E-state index in [0.717, 1.165) is 35.5 Å². The molecule has 0 unspecified atom stereocenters. The molecule has 0 radical (unpaired) electrons. The van der Waals surface area contributed by atoms with E-state index in [4.69, 9.17) is 0 Å². The number of nitrogens with zero attached hydrogens (tertiary/aromatic N) is 2. The summed E-state index contributed by atoms with van der Waals surface area (Å²) in [6, 6.07) is 16.1. The molecule has 0 bridgehead atoms. The molecule has 3 rings (SSSR count). The Bertz CT molecular complexity index is 975. The third-order valence-electron chi connectivity index (χ3n) is 6.29. The molecule has 5 heteroatoms. The molecule has 1 aliphatic carbocycles. The molecular formula is C29H41N3O2. The number of hydrogen-bond acceptors (Lipinski definition) is 3. The maximum absolute atomic E-state index is 13.8. The first-order chi connectivity index (χ1) is 16.1. The van der Waals surface area contributed by atoms with Crippen LogP contribution in [-0.4, -0.2) is 37.4 Å². The zero-order valence-electron chi connectivity index (χ0n) is 21.7. The number of anilines is 2. The van der Waals surface area contributed by atoms with E-state index in [1.54, 1.807) is 0 Å². The Hall–Kier alpha value is -2.82. The van der Waals surface area contributed by atoms with Gasteiger partial charge in [0.2, 0.25) is 11.8 Å². The Morgan fingerprint density at radius 3 is 2.29 bits per heavy atom. The summed E-state index contributed by atoms with van der Waals surface area (Å²) >= 11 is 0. The molecule has 0 saturated heterocycles. The molecule has 1 N–H and O–H groups in total. The van der Waals surface area contributed by atoms with Crippen molar-refractivity contribution in [3.63, 3.8) is 0 Å². The van der Waals surface area contributed by atoms with Crippen LogP contribution < -0.4 is 10.2 Å². The van der Waals surface area contributed by atoms with Gasteiger partial charge in [-0.05, 0) is 59.9 Å². The van der Waals surface area contributed by atoms with E-state index < -0.39 is 0 Å². The first-order valence-electron chi connectivity index (χ1n) is 12.5. The second-order valence-corrected chi connectivity index (χ2v) is 11.1. The summed E-state index contributed by atoms with van der Waals surface area (Å²) in [6.07, 6.45) is 3.61. The first kappa shape index (κ1) is 25.8. The second kappa shape index (κ2) is 11.1. The van der Waals surface area contributed by atoms with Crippen molar-refractivity contribution in [3.8, 4) is 0 Å². The second-order valence-electron chi connectivity index (χ2n) is 11.1. The molecule has 0 heterocycles. The minimum atomic E-state index is -0.141. The summed E-state index contributed by atoms with van der Waals surface area (Å²) < 4.78 is 0. The van der Waals surface area contributed by atoms with E-state index in [-0.39, 0.29) is 23.1 Å². The van der Waals surface area contributed by atoms with E-state index in [1.165, 1.54) is 12.8 Å². The van der Waals surface area contributed by atoms with Crippen LogP contribution in [0.2, 0.25) is 0 Å². The minimum Gasteiger partial charge on any atom is -0.377 e. The Morgan fingerprint density at radius 1 is 1.06 bits per heavy atom. The van der Waals surface area contributed by atoms with E-state index in [9.17, 15) is 9.59 Å². The van der Waals surface area contributed by atoms with Crippen LogP contribution in [0.25, 0.3) is 0 Å². The van der Waals surface area contributed by atoms with Gasteiger partial charge in [0.25, 0.3) is 0 Å². The molecule has 2 amide bonds. The quantitative estimate of drug-likeness (QED) is 0.466. The molecule has 0 aliphatic heterocycles. The number of carbonyl (C=O) groups is 2. The summed E-state index contributed by atoms with van der Waals surface area (Å²) in [7, 11) is 4.03. The van der Waals surface area contributed by atoms with Crippen molar-refractivity contribution in [3.05, 3.63) is 59.7 Å². The highest BCUT2D eigenvalue weighted by atomic mass is 16.2. The van der Waals surface area contributed by atoms with Crippen LogP contribution in [0.3, 0.4) is 0 Å². The summed E-state index contributed by atoms with van der Waals surface area (Å²) in [6.45, 7) is 9.59. The normalized spacial score (nSPS) is 14.4. The maximum atomic E-state index is 13.8. The molecule has 2 aromatic rings. The van der Waals surface area contributed by atoms with Crippen LogP contribution in [0.4, 0.5) is 11.4 Å². The fourth-order valence-corrected chi connectivity index (χ4v) is 4.42. The summed E-state index contributed by atoms with van der Waals surface area (Å²) in [5, 5.41) is 3.06. The van der Waals surface area contributed by atoms with Crippen molar-refractivity contribution < 1.29 is 9.59 Å². The van der Waals surface area contributed by atoms with Crippen molar-refractivity contribution in [2.45, 2.75) is 65.8 Å². The monoisotopic (exact) mass is 463 g/mol. The van der Waals surface area contributed by atoms with Gasteiger partial charge in [0, 0.05) is 45.0 Å². The predicted molar refractivity (Wildman–Crippen MR) is 141 cm³/mol. The Kier molecular flexibility index (Phi) is 8.40. The molecule has 0 aromatic heterocycles. The van der Waals surface area contributed by atoms with Crippen LogP contribution >= 0.6 is 0 Å². The smallest absolute Gasteiger partial charge is 0.230 e. The molecule has 0 spiro atoms. The number of rotatable bonds is 10. The number of amides is 2. The van der Waals surface area contributed by atoms with Crippen molar-refractivity contribution in [2.75, 3.05) is 30.9 Å². The van der Waals surface area contributed by atoms with Crippen molar-refractivity contribution in [1.29, 1.82) is 0 Å². The lowest BCUT2D eigenvalue weighted by atomic mass is 9.92. The third-order valence-corrected chi connectivity index (χ3v) is 6.29. The molecule has 34 heavy (non-hydrogen) atoms. The highest BCUT2D eigenvalue weighted by Crippen LogP contribution is 2.34. The zero-order chi connectivity index (χ0) is 24.9. The first-order valence-corrected chi connectivity index (χ1v) is 12.5. The SMILES string of the molecule is CC[C@H](C(=O)N(Cc1cc(NC(=O)CC(C)(C)C)ccc1N(C)C)CC1CC1)c1ccccc1. The number of benzene rings is 2. The maximum Gasteiger partial charge on any atom is 0.230 e. The summed E-state index contributed by atoms with van der Waals surface area (Å²) in [4.78, 5) is 30.4. The average Bonchev–Trinajstić information content (AvgIpc) is 3.57. The van der Waals surface area contributed by atoms with Crippen LogP contribution in [0.1, 0.15) is 70.4 Å². The number of hydrogen-bond donors (Lipinski definition) is 1. The molecule has 1 atom stereocenters. The molecule has 184 valence electrons. The fraction of sp³-hybridized carbons (Fsp3) is 0.517. The third kappa shape index (κ3) is 7.34. The Balaban J connectivity index is 1.87. The van der Waals surface area contributed by atoms with E-state index in [0.29, 0.717) is 18.9 Å². The Labute approximate surface area is 205 Å². The van der Waals surface area contributed by atoms with Crippen molar-refractivity contribution in [1.82, 2.24) is 4.90 Å². The molecule has 5 nitrogen and oxygen atoms in total. The highest BCUT2D eigenvalue weighted by molar-refractivity contribution is 5.91. The molecule has 1 fully saturated rings. The van der Waals surface area contributed by atoms with Gasteiger partial charge >= 0.3 is 0 Å². The van der Waals surface area contributed by atoms with Crippen LogP contribution in [0.5, 0.6) is 0 Å². The zero-order valence-corrected chi connectivity index (χ0v) is 21.7. The van der Waals surface area contributed by atoms with Crippen LogP contribution in [0, 0.1) is 11.3 Å². The lowest BCUT2D eigenvalue weighted by molar-refractivity contribution is -0.133. The van der Waals surface area contributed by atoms with Gasteiger partial charge in [-0.25, -0.2) is 0 Å². The van der Waals surface area contributed by atoms with Crippen molar-refractivity contribution >= 4 is 23.2 Å². The van der Waals surface area contributed by atoms with Gasteiger partial charge in [-0.15, -0.1) is 0 Å². The van der Waals surface area contributed by atoms with E-state index in [1.807, 2.05) is 55.4 Å². The lowest BCUT2D eigenvalue weighted by Gasteiger charge is -2.29. The molecule has 1 saturated carbocycles. The summed E-state index contributed by atoms with van der Waals surface area (Å²) in [5.74, 6) is 0.650. The van der Waals surface area contributed by atoms with Crippen LogP contribution in [0.15, 0.2) is 48.5 Å². The van der Waals surface area contributed by atoms with Gasteiger partial charge in [-0.1, -0.05) is 58.0 Å². The Morgan fingerprint density at radius 2 is 1.74 bits per heavy atom. The fourth-order valence-electron chi connectivity index (χ4n) is 4.42. The minimum absolute atomic E-state index is 0.0112.